The molecule has 120 valence electrons. The highest BCUT2D eigenvalue weighted by Crippen LogP contribution is 2.15. The summed E-state index contributed by atoms with van der Waals surface area (Å²) in [5.41, 5.74) is 3.91. The predicted octanol–water partition coefficient (Wildman–Crippen LogP) is 2.66. The molecule has 0 saturated carbocycles. The Hall–Kier alpha value is -2.62. The number of amides is 1. The van der Waals surface area contributed by atoms with Crippen LogP contribution in [0.3, 0.4) is 0 Å². The molecule has 2 rings (SSSR count). The lowest BCUT2D eigenvalue weighted by atomic mass is 9.96. The number of rotatable bonds is 6. The lowest BCUT2D eigenvalue weighted by molar-refractivity contribution is -0.141. The Bertz CT molecular complexity index is 675. The molecule has 0 aliphatic rings. The van der Waals surface area contributed by atoms with Gasteiger partial charge in [0.05, 0.1) is 6.42 Å². The van der Waals surface area contributed by atoms with E-state index < -0.39 is 12.0 Å². The van der Waals surface area contributed by atoms with Crippen LogP contribution in [0.4, 0.5) is 0 Å². The zero-order valence-corrected chi connectivity index (χ0v) is 13.4. The number of aryl methyl sites for hydroxylation is 2. The van der Waals surface area contributed by atoms with Gasteiger partial charge in [0.1, 0.15) is 6.04 Å². The Morgan fingerprint density at radius 1 is 1.00 bits per heavy atom. The summed E-state index contributed by atoms with van der Waals surface area (Å²) in [6.45, 7) is 3.90. The van der Waals surface area contributed by atoms with Crippen molar-refractivity contribution in [3.8, 4) is 0 Å². The molecule has 1 atom stereocenters. The van der Waals surface area contributed by atoms with Crippen LogP contribution >= 0.6 is 0 Å². The van der Waals surface area contributed by atoms with Crippen molar-refractivity contribution in [1.29, 1.82) is 0 Å². The molecule has 0 saturated heterocycles. The first kappa shape index (κ1) is 16.7. The third-order valence-electron chi connectivity index (χ3n) is 3.89. The van der Waals surface area contributed by atoms with Crippen LogP contribution in [0.25, 0.3) is 0 Å². The van der Waals surface area contributed by atoms with Gasteiger partial charge in [-0.15, -0.1) is 0 Å². The van der Waals surface area contributed by atoms with Crippen LogP contribution in [0.1, 0.15) is 22.3 Å². The second kappa shape index (κ2) is 7.58. The van der Waals surface area contributed by atoms with Crippen LogP contribution < -0.4 is 5.32 Å². The van der Waals surface area contributed by atoms with Crippen LogP contribution in [-0.2, 0) is 22.4 Å². The SMILES string of the molecule is Cc1cccc(C)c1C[C@H](NC(=O)Cc1ccccc1)C(=O)O. The van der Waals surface area contributed by atoms with E-state index in [-0.39, 0.29) is 18.7 Å². The highest BCUT2D eigenvalue weighted by atomic mass is 16.4. The number of carboxylic acid groups (broad SMARTS) is 1. The van der Waals surface area contributed by atoms with E-state index >= 15 is 0 Å². The molecule has 0 spiro atoms. The number of hydrogen-bond acceptors (Lipinski definition) is 2. The Balaban J connectivity index is 2.07. The number of carboxylic acids is 1. The van der Waals surface area contributed by atoms with E-state index in [4.69, 9.17) is 0 Å². The number of benzene rings is 2. The summed E-state index contributed by atoms with van der Waals surface area (Å²) in [6.07, 6.45) is 0.464. The van der Waals surface area contributed by atoms with Crippen LogP contribution in [-0.4, -0.2) is 23.0 Å². The van der Waals surface area contributed by atoms with E-state index in [1.165, 1.54) is 0 Å². The highest BCUT2D eigenvalue weighted by Gasteiger charge is 2.22. The lowest BCUT2D eigenvalue weighted by Crippen LogP contribution is -2.43. The molecule has 23 heavy (non-hydrogen) atoms. The molecule has 0 radical (unpaired) electrons. The van der Waals surface area contributed by atoms with Gasteiger partial charge in [0.25, 0.3) is 0 Å². The molecule has 0 fully saturated rings. The topological polar surface area (TPSA) is 66.4 Å². The van der Waals surface area contributed by atoms with Crippen molar-refractivity contribution < 1.29 is 14.7 Å². The molecule has 0 aliphatic carbocycles. The third-order valence-corrected chi connectivity index (χ3v) is 3.89. The fraction of sp³-hybridized carbons (Fsp3) is 0.263. The quantitative estimate of drug-likeness (QED) is 0.862. The van der Waals surface area contributed by atoms with Gasteiger partial charge >= 0.3 is 5.97 Å². The van der Waals surface area contributed by atoms with E-state index in [9.17, 15) is 14.7 Å². The third kappa shape index (κ3) is 4.68. The minimum Gasteiger partial charge on any atom is -0.480 e. The average Bonchev–Trinajstić information content (AvgIpc) is 2.50. The fourth-order valence-corrected chi connectivity index (χ4v) is 2.60. The Kier molecular flexibility index (Phi) is 5.52. The zero-order valence-electron chi connectivity index (χ0n) is 13.4. The smallest absolute Gasteiger partial charge is 0.326 e. The number of carbonyl (C=O) groups excluding carboxylic acids is 1. The van der Waals surface area contributed by atoms with Crippen LogP contribution in [0.15, 0.2) is 48.5 Å². The molecule has 4 nitrogen and oxygen atoms in total. The van der Waals surface area contributed by atoms with Crippen molar-refractivity contribution in [3.63, 3.8) is 0 Å². The van der Waals surface area contributed by atoms with Gasteiger partial charge in [0.15, 0.2) is 0 Å². The molecule has 4 heteroatoms. The molecule has 2 aromatic rings. The van der Waals surface area contributed by atoms with E-state index in [0.29, 0.717) is 0 Å². The van der Waals surface area contributed by atoms with E-state index in [1.54, 1.807) is 0 Å². The first-order valence-electron chi connectivity index (χ1n) is 7.58. The molecular weight excluding hydrogens is 290 g/mol. The predicted molar refractivity (Wildman–Crippen MR) is 89.3 cm³/mol. The van der Waals surface area contributed by atoms with Gasteiger partial charge in [0, 0.05) is 6.42 Å². The second-order valence-electron chi connectivity index (χ2n) is 5.70. The molecule has 0 heterocycles. The Morgan fingerprint density at radius 2 is 1.61 bits per heavy atom. The van der Waals surface area contributed by atoms with E-state index in [0.717, 1.165) is 22.3 Å². The summed E-state index contributed by atoms with van der Waals surface area (Å²) in [4.78, 5) is 23.6. The van der Waals surface area contributed by atoms with Crippen molar-refractivity contribution in [1.82, 2.24) is 5.32 Å². The molecule has 2 aromatic carbocycles. The Morgan fingerprint density at radius 3 is 2.17 bits per heavy atom. The molecule has 0 bridgehead atoms. The summed E-state index contributed by atoms with van der Waals surface area (Å²) in [5, 5.41) is 12.0. The van der Waals surface area contributed by atoms with E-state index in [2.05, 4.69) is 5.32 Å². The van der Waals surface area contributed by atoms with Gasteiger partial charge in [-0.1, -0.05) is 48.5 Å². The number of aliphatic carboxylic acids is 1. The summed E-state index contributed by atoms with van der Waals surface area (Å²) < 4.78 is 0. The zero-order chi connectivity index (χ0) is 16.8. The standard InChI is InChI=1S/C19H21NO3/c1-13-7-6-8-14(2)16(13)12-17(19(22)23)20-18(21)11-15-9-4-3-5-10-15/h3-10,17H,11-12H2,1-2H3,(H,20,21)(H,22,23)/t17-/m0/s1. The molecule has 1 amide bonds. The van der Waals surface area contributed by atoms with Crippen molar-refractivity contribution >= 4 is 11.9 Å². The van der Waals surface area contributed by atoms with Crippen LogP contribution in [0.2, 0.25) is 0 Å². The number of hydrogen-bond donors (Lipinski definition) is 2. The van der Waals surface area contributed by atoms with Gasteiger partial charge in [-0.25, -0.2) is 4.79 Å². The van der Waals surface area contributed by atoms with Gasteiger partial charge in [-0.2, -0.15) is 0 Å². The maximum absolute atomic E-state index is 12.1. The number of carbonyl (C=O) groups is 2. The van der Waals surface area contributed by atoms with Gasteiger partial charge in [-0.05, 0) is 36.1 Å². The van der Waals surface area contributed by atoms with Gasteiger partial charge < -0.3 is 10.4 Å². The first-order chi connectivity index (χ1) is 11.0. The molecule has 0 aromatic heterocycles. The second-order valence-corrected chi connectivity index (χ2v) is 5.70. The summed E-state index contributed by atoms with van der Waals surface area (Å²) in [6, 6.07) is 14.2. The van der Waals surface area contributed by atoms with Gasteiger partial charge in [-0.3, -0.25) is 4.79 Å². The lowest BCUT2D eigenvalue weighted by Gasteiger charge is -2.17. The van der Waals surface area contributed by atoms with Crippen molar-refractivity contribution in [3.05, 3.63) is 70.8 Å². The monoisotopic (exact) mass is 311 g/mol. The van der Waals surface area contributed by atoms with Crippen molar-refractivity contribution in [2.45, 2.75) is 32.7 Å². The van der Waals surface area contributed by atoms with Crippen LogP contribution in [0.5, 0.6) is 0 Å². The largest absolute Gasteiger partial charge is 0.480 e. The highest BCUT2D eigenvalue weighted by molar-refractivity contribution is 5.85. The minimum atomic E-state index is -1.02. The van der Waals surface area contributed by atoms with E-state index in [1.807, 2.05) is 62.4 Å². The molecule has 0 aliphatic heterocycles. The minimum absolute atomic E-state index is 0.178. The molecule has 2 N–H and O–H groups in total. The summed E-state index contributed by atoms with van der Waals surface area (Å²) >= 11 is 0. The van der Waals surface area contributed by atoms with Crippen LogP contribution in [0, 0.1) is 13.8 Å². The van der Waals surface area contributed by atoms with Gasteiger partial charge in [0.2, 0.25) is 5.91 Å². The first-order valence-corrected chi connectivity index (χ1v) is 7.58. The van der Waals surface area contributed by atoms with Crippen molar-refractivity contribution in [2.75, 3.05) is 0 Å². The molecule has 0 unspecified atom stereocenters. The normalized spacial score (nSPS) is 11.7. The maximum Gasteiger partial charge on any atom is 0.326 e. The average molecular weight is 311 g/mol. The molecular formula is C19H21NO3. The van der Waals surface area contributed by atoms with Crippen molar-refractivity contribution in [2.24, 2.45) is 0 Å². The Labute approximate surface area is 136 Å². The maximum atomic E-state index is 12.1. The summed E-state index contributed by atoms with van der Waals surface area (Å²) in [5.74, 6) is -1.30. The summed E-state index contributed by atoms with van der Waals surface area (Å²) in [7, 11) is 0. The fourth-order valence-electron chi connectivity index (χ4n) is 2.60. The number of nitrogens with one attached hydrogen (secondary N) is 1.